The zero-order chi connectivity index (χ0) is 15.3. The Labute approximate surface area is 122 Å². The number of amides is 1. The van der Waals surface area contributed by atoms with Crippen molar-refractivity contribution in [2.75, 3.05) is 39.8 Å². The summed E-state index contributed by atoms with van der Waals surface area (Å²) in [7, 11) is 1.71. The van der Waals surface area contributed by atoms with Crippen molar-refractivity contribution >= 4 is 6.09 Å². The zero-order valence-electron chi connectivity index (χ0n) is 13.4. The molecule has 0 spiro atoms. The van der Waals surface area contributed by atoms with E-state index >= 15 is 0 Å². The molecule has 0 saturated carbocycles. The fraction of sp³-hybridized carbons (Fsp3) is 0.929. The molecule has 2 atom stereocenters. The summed E-state index contributed by atoms with van der Waals surface area (Å²) in [6.45, 7) is 11.1. The van der Waals surface area contributed by atoms with E-state index in [4.69, 9.17) is 15.2 Å². The van der Waals surface area contributed by atoms with Gasteiger partial charge < -0.3 is 20.1 Å². The third kappa shape index (κ3) is 5.26. The third-order valence-electron chi connectivity index (χ3n) is 3.42. The number of hydrogen-bond donors (Lipinski definition) is 1. The van der Waals surface area contributed by atoms with Gasteiger partial charge in [0.1, 0.15) is 5.60 Å². The van der Waals surface area contributed by atoms with Crippen LogP contribution < -0.4 is 5.73 Å². The molecule has 0 aromatic rings. The second-order valence-electron chi connectivity index (χ2n) is 6.36. The SMILES string of the molecule is COC(C)CN1CCN(C(=O)OC(C)(C)C)CC1CN. The van der Waals surface area contributed by atoms with Crippen molar-refractivity contribution < 1.29 is 14.3 Å². The number of carbonyl (C=O) groups is 1. The van der Waals surface area contributed by atoms with E-state index in [1.165, 1.54) is 0 Å². The molecule has 20 heavy (non-hydrogen) atoms. The lowest BCUT2D eigenvalue weighted by Crippen LogP contribution is -2.59. The van der Waals surface area contributed by atoms with Crippen LogP contribution in [0.3, 0.4) is 0 Å². The van der Waals surface area contributed by atoms with Gasteiger partial charge in [0.15, 0.2) is 0 Å². The molecule has 1 rings (SSSR count). The maximum atomic E-state index is 12.1. The molecule has 1 fully saturated rings. The predicted octanol–water partition coefficient (Wildman–Crippen LogP) is 0.901. The molecule has 2 N–H and O–H groups in total. The molecule has 1 heterocycles. The van der Waals surface area contributed by atoms with Crippen molar-refractivity contribution in [3.8, 4) is 0 Å². The number of hydrogen-bond acceptors (Lipinski definition) is 5. The highest BCUT2D eigenvalue weighted by atomic mass is 16.6. The standard InChI is InChI=1S/C14H29N3O3/c1-11(19-5)9-16-6-7-17(10-12(16)8-15)13(18)20-14(2,3)4/h11-12H,6-10,15H2,1-5H3. The molecule has 0 aliphatic carbocycles. The van der Waals surface area contributed by atoms with Gasteiger partial charge in [-0.1, -0.05) is 0 Å². The van der Waals surface area contributed by atoms with E-state index in [0.29, 0.717) is 19.6 Å². The number of piperazine rings is 1. The molecule has 2 unspecified atom stereocenters. The first-order valence-electron chi connectivity index (χ1n) is 7.21. The smallest absolute Gasteiger partial charge is 0.410 e. The molecule has 6 nitrogen and oxygen atoms in total. The molecule has 118 valence electrons. The molecule has 0 aromatic carbocycles. The lowest BCUT2D eigenvalue weighted by Gasteiger charge is -2.41. The van der Waals surface area contributed by atoms with Gasteiger partial charge in [0.2, 0.25) is 0 Å². The Morgan fingerprint density at radius 3 is 2.55 bits per heavy atom. The molecular formula is C14H29N3O3. The van der Waals surface area contributed by atoms with Crippen LogP contribution >= 0.6 is 0 Å². The Morgan fingerprint density at radius 2 is 2.05 bits per heavy atom. The minimum Gasteiger partial charge on any atom is -0.444 e. The molecule has 1 aliphatic heterocycles. The molecule has 0 radical (unpaired) electrons. The molecule has 0 bridgehead atoms. The second kappa shape index (κ2) is 7.24. The van der Waals surface area contributed by atoms with Crippen LogP contribution in [-0.4, -0.2) is 73.5 Å². The van der Waals surface area contributed by atoms with Gasteiger partial charge in [-0.3, -0.25) is 4.90 Å². The number of ether oxygens (including phenoxy) is 2. The van der Waals surface area contributed by atoms with Crippen molar-refractivity contribution in [2.24, 2.45) is 5.73 Å². The number of methoxy groups -OCH3 is 1. The summed E-state index contributed by atoms with van der Waals surface area (Å²) < 4.78 is 10.7. The van der Waals surface area contributed by atoms with Crippen LogP contribution in [-0.2, 0) is 9.47 Å². The summed E-state index contributed by atoms with van der Waals surface area (Å²) in [5, 5.41) is 0. The molecule has 6 heteroatoms. The summed E-state index contributed by atoms with van der Waals surface area (Å²) in [6, 6.07) is 0.161. The Morgan fingerprint density at radius 1 is 1.40 bits per heavy atom. The van der Waals surface area contributed by atoms with Crippen molar-refractivity contribution in [3.63, 3.8) is 0 Å². The maximum absolute atomic E-state index is 12.1. The van der Waals surface area contributed by atoms with Gasteiger partial charge >= 0.3 is 6.09 Å². The van der Waals surface area contributed by atoms with E-state index in [0.717, 1.165) is 13.1 Å². The van der Waals surface area contributed by atoms with Gasteiger partial charge in [-0.15, -0.1) is 0 Å². The Hall–Kier alpha value is -0.850. The van der Waals surface area contributed by atoms with Crippen LogP contribution in [0.5, 0.6) is 0 Å². The van der Waals surface area contributed by atoms with Crippen molar-refractivity contribution in [1.82, 2.24) is 9.80 Å². The topological polar surface area (TPSA) is 68.0 Å². The van der Waals surface area contributed by atoms with Crippen molar-refractivity contribution in [2.45, 2.75) is 45.4 Å². The van der Waals surface area contributed by atoms with Crippen LogP contribution in [0, 0.1) is 0 Å². The van der Waals surface area contributed by atoms with E-state index in [1.807, 2.05) is 27.7 Å². The molecule has 1 aliphatic rings. The van der Waals surface area contributed by atoms with Crippen LogP contribution in [0.1, 0.15) is 27.7 Å². The quantitative estimate of drug-likeness (QED) is 0.832. The summed E-state index contributed by atoms with van der Waals surface area (Å²) in [5.74, 6) is 0. The fourth-order valence-corrected chi connectivity index (χ4v) is 2.25. The average molecular weight is 287 g/mol. The average Bonchev–Trinajstić information content (AvgIpc) is 2.36. The molecule has 1 amide bonds. The van der Waals surface area contributed by atoms with E-state index in [1.54, 1.807) is 12.0 Å². The van der Waals surface area contributed by atoms with Crippen molar-refractivity contribution in [3.05, 3.63) is 0 Å². The Balaban J connectivity index is 2.56. The molecule has 0 aromatic heterocycles. The monoisotopic (exact) mass is 287 g/mol. The summed E-state index contributed by atoms with van der Waals surface area (Å²) in [6.07, 6.45) is -0.0903. The molecule has 1 saturated heterocycles. The van der Waals surface area contributed by atoms with Gasteiger partial charge in [0, 0.05) is 45.9 Å². The largest absolute Gasteiger partial charge is 0.444 e. The maximum Gasteiger partial charge on any atom is 0.410 e. The van der Waals surface area contributed by atoms with Gasteiger partial charge in [0.05, 0.1) is 6.10 Å². The van der Waals surface area contributed by atoms with E-state index in [2.05, 4.69) is 4.90 Å². The highest BCUT2D eigenvalue weighted by Gasteiger charge is 2.31. The lowest BCUT2D eigenvalue weighted by molar-refractivity contribution is -0.00597. The third-order valence-corrected chi connectivity index (χ3v) is 3.42. The number of nitrogens with two attached hydrogens (primary N) is 1. The minimum absolute atomic E-state index is 0.161. The number of nitrogens with zero attached hydrogens (tertiary/aromatic N) is 2. The van der Waals surface area contributed by atoms with Crippen LogP contribution in [0.15, 0.2) is 0 Å². The summed E-state index contributed by atoms with van der Waals surface area (Å²) in [5.41, 5.74) is 5.38. The van der Waals surface area contributed by atoms with E-state index in [9.17, 15) is 4.79 Å². The Kier molecular flexibility index (Phi) is 6.23. The number of rotatable bonds is 4. The normalized spacial score (nSPS) is 22.7. The fourth-order valence-electron chi connectivity index (χ4n) is 2.25. The van der Waals surface area contributed by atoms with Gasteiger partial charge in [-0.25, -0.2) is 4.79 Å². The summed E-state index contributed by atoms with van der Waals surface area (Å²) in [4.78, 5) is 16.1. The van der Waals surface area contributed by atoms with Crippen molar-refractivity contribution in [1.29, 1.82) is 0 Å². The second-order valence-corrected chi connectivity index (χ2v) is 6.36. The minimum atomic E-state index is -0.461. The summed E-state index contributed by atoms with van der Waals surface area (Å²) >= 11 is 0. The van der Waals surface area contributed by atoms with Gasteiger partial charge in [-0.05, 0) is 27.7 Å². The van der Waals surface area contributed by atoms with E-state index < -0.39 is 5.60 Å². The first-order valence-corrected chi connectivity index (χ1v) is 7.21. The highest BCUT2D eigenvalue weighted by molar-refractivity contribution is 5.68. The van der Waals surface area contributed by atoms with Crippen LogP contribution in [0.2, 0.25) is 0 Å². The first-order chi connectivity index (χ1) is 9.26. The van der Waals surface area contributed by atoms with Gasteiger partial charge in [-0.2, -0.15) is 0 Å². The van der Waals surface area contributed by atoms with Gasteiger partial charge in [0.25, 0.3) is 0 Å². The highest BCUT2D eigenvalue weighted by Crippen LogP contribution is 2.15. The predicted molar refractivity (Wildman–Crippen MR) is 78.7 cm³/mol. The van der Waals surface area contributed by atoms with E-state index in [-0.39, 0.29) is 18.2 Å². The van der Waals surface area contributed by atoms with Crippen LogP contribution in [0.25, 0.3) is 0 Å². The van der Waals surface area contributed by atoms with Crippen LogP contribution in [0.4, 0.5) is 4.79 Å². The Bertz CT molecular complexity index is 317. The first kappa shape index (κ1) is 17.2. The lowest BCUT2D eigenvalue weighted by atomic mass is 10.1. The number of carbonyl (C=O) groups excluding carboxylic acids is 1. The zero-order valence-corrected chi connectivity index (χ0v) is 13.4. The molecular weight excluding hydrogens is 258 g/mol.